The van der Waals surface area contributed by atoms with Gasteiger partial charge < -0.3 is 14.0 Å². The van der Waals surface area contributed by atoms with Crippen LogP contribution in [0.2, 0.25) is 0 Å². The van der Waals surface area contributed by atoms with Crippen LogP contribution in [-0.2, 0) is 11.1 Å². The molecule has 0 saturated carbocycles. The van der Waals surface area contributed by atoms with Gasteiger partial charge in [0, 0.05) is 54.5 Å². The lowest BCUT2D eigenvalue weighted by Gasteiger charge is -2.36. The van der Waals surface area contributed by atoms with Crippen molar-refractivity contribution in [2.24, 2.45) is 0 Å². The SMILES string of the molecule is [2H]CC(OC(=O)N1C([2H])([2H])C([2H])([2H])C([2H])([2H])C([2H])([2H])C1([2H])C([2H])([2H])c1nc2c([2H])c([2H])c([2H])c([2H])n2c1[2H])(C([2H])([2H])[2H])C([2H])([2H])[2H]. The fourth-order valence-corrected chi connectivity index (χ4v) is 1.55. The third-order valence-corrected chi connectivity index (χ3v) is 2.37. The summed E-state index contributed by atoms with van der Waals surface area (Å²) in [4.78, 5) is 16.4. The summed E-state index contributed by atoms with van der Waals surface area (Å²) in [6.07, 6.45) is -22.3. The van der Waals surface area contributed by atoms with Gasteiger partial charge in [-0.25, -0.2) is 9.78 Å². The van der Waals surface area contributed by atoms with Gasteiger partial charge in [-0.3, -0.25) is 0 Å². The summed E-state index contributed by atoms with van der Waals surface area (Å²) in [5.74, 6) is 0. The molecule has 1 fully saturated rings. The first-order chi connectivity index (χ1) is 20.2. The number of pyridine rings is 1. The van der Waals surface area contributed by atoms with E-state index in [1.54, 1.807) is 0 Å². The second-order valence-corrected chi connectivity index (χ2v) is 4.21. The van der Waals surface area contributed by atoms with Crippen LogP contribution in [0.1, 0.15) is 76.9 Å². The molecule has 5 heteroatoms. The standard InChI is InChI=1S/C18H25N3O2/c1-18(2,3)23-17(22)21-11-7-4-8-15(21)12-14-13-20-10-6-5-9-16(20)19-14/h5-6,9-10,13,15H,4,7-8,11-12H2,1-3H3/i1D,2D3,3D3,4D2,5D,6D,7D2,8D2,9D,10D,11D2,12D2,13D,15D. The van der Waals surface area contributed by atoms with Crippen LogP contribution in [-0.4, -0.2) is 38.5 Å². The van der Waals surface area contributed by atoms with Gasteiger partial charge in [0.25, 0.3) is 0 Å². The van der Waals surface area contributed by atoms with Crippen LogP contribution in [0.15, 0.2) is 30.5 Å². The van der Waals surface area contributed by atoms with E-state index >= 15 is 0 Å². The molecule has 1 saturated heterocycles. The zero-order chi connectivity index (χ0) is 36.4. The van der Waals surface area contributed by atoms with Crippen LogP contribution >= 0.6 is 0 Å². The maximum absolute atomic E-state index is 13.8. The van der Waals surface area contributed by atoms with Crippen molar-refractivity contribution in [1.82, 2.24) is 14.3 Å². The normalized spacial score (nSPS) is 47.3. The minimum atomic E-state index is -4.56. The van der Waals surface area contributed by atoms with Crippen molar-refractivity contribution < 1.29 is 41.1 Å². The molecule has 0 N–H and O–H groups in total. The predicted molar refractivity (Wildman–Crippen MR) is 89.5 cm³/mol. The largest absolute Gasteiger partial charge is 0.444 e. The lowest BCUT2D eigenvalue weighted by molar-refractivity contribution is 0.00986. The Morgan fingerprint density at radius 1 is 1.65 bits per heavy atom. The molecule has 23 heavy (non-hydrogen) atoms. The van der Waals surface area contributed by atoms with Gasteiger partial charge in [-0.2, -0.15) is 0 Å². The van der Waals surface area contributed by atoms with Gasteiger partial charge in [0.05, 0.1) is 13.9 Å². The molecule has 1 atom stereocenters. The highest BCUT2D eigenvalue weighted by Gasteiger charge is 2.30. The Balaban J connectivity index is 2.53. The number of hydrogen-bond donors (Lipinski definition) is 0. The number of ether oxygens (including phenoxy) is 1. The van der Waals surface area contributed by atoms with Crippen molar-refractivity contribution in [2.75, 3.05) is 6.50 Å². The third kappa shape index (κ3) is 3.84. The smallest absolute Gasteiger partial charge is 0.410 e. The van der Waals surface area contributed by atoms with Crippen LogP contribution in [0.25, 0.3) is 5.65 Å². The Labute approximate surface area is 169 Å². The molecule has 2 aromatic heterocycles. The Morgan fingerprint density at radius 2 is 2.57 bits per heavy atom. The number of hydrogen-bond acceptors (Lipinski definition) is 3. The van der Waals surface area contributed by atoms with E-state index in [4.69, 9.17) is 31.5 Å². The van der Waals surface area contributed by atoms with Crippen molar-refractivity contribution in [2.45, 2.75) is 57.7 Å². The molecule has 0 aromatic carbocycles. The summed E-state index contributed by atoms with van der Waals surface area (Å²) in [5, 5.41) is 0. The van der Waals surface area contributed by atoms with Crippen LogP contribution < -0.4 is 0 Å². The number of fused-ring (bicyclic) bond motifs is 1. The zero-order valence-corrected chi connectivity index (χ0v) is 11.4. The Hall–Kier alpha value is -2.04. The van der Waals surface area contributed by atoms with Crippen molar-refractivity contribution in [3.63, 3.8) is 0 Å². The van der Waals surface area contributed by atoms with E-state index in [2.05, 4.69) is 9.72 Å². The fourth-order valence-electron chi connectivity index (χ4n) is 1.55. The number of nitrogens with zero attached hydrogens (tertiary/aromatic N) is 3. The Bertz CT molecular complexity index is 1560. The molecule has 3 rings (SSSR count). The number of carbonyl (C=O) groups excluding carboxylic acids is 1. The van der Waals surface area contributed by atoms with Gasteiger partial charge in [-0.05, 0) is 51.8 Å². The second kappa shape index (κ2) is 6.22. The van der Waals surface area contributed by atoms with Gasteiger partial charge in [0.1, 0.15) is 11.2 Å². The van der Waals surface area contributed by atoms with Crippen LogP contribution in [0.4, 0.5) is 4.79 Å². The summed E-state index contributed by atoms with van der Waals surface area (Å²) in [6, 6.07) is -7.43. The maximum atomic E-state index is 13.8. The molecule has 0 aliphatic carbocycles. The molecule has 3 heterocycles. The summed E-state index contributed by atoms with van der Waals surface area (Å²) in [5.41, 5.74) is -6.26. The van der Waals surface area contributed by atoms with Gasteiger partial charge in [-0.15, -0.1) is 0 Å². The molecular weight excluding hydrogens is 290 g/mol. The average molecular weight is 339 g/mol. The summed E-state index contributed by atoms with van der Waals surface area (Å²) in [7, 11) is 0. The molecule has 0 radical (unpaired) electrons. The van der Waals surface area contributed by atoms with E-state index < -0.39 is 117 Å². The van der Waals surface area contributed by atoms with E-state index in [0.29, 0.717) is 4.40 Å². The van der Waals surface area contributed by atoms with Gasteiger partial charge in [0.15, 0.2) is 0 Å². The Kier molecular flexibility index (Phi) is 1.07. The fraction of sp³-hybridized carbons (Fsp3) is 0.556. The number of carbonyl (C=O) groups is 1. The first-order valence-corrected chi connectivity index (χ1v) is 6.00. The first kappa shape index (κ1) is 3.95. The summed E-state index contributed by atoms with van der Waals surface area (Å²) < 4.78 is 192. The van der Waals surface area contributed by atoms with Crippen molar-refractivity contribution in [3.8, 4) is 0 Å². The number of likely N-dealkylation sites (tertiary alicyclic amines) is 1. The molecule has 1 unspecified atom stereocenters. The summed E-state index contributed by atoms with van der Waals surface area (Å²) >= 11 is 0. The zero-order valence-electron chi connectivity index (χ0n) is 34.4. The van der Waals surface area contributed by atoms with Crippen molar-refractivity contribution >= 4 is 11.7 Å². The third-order valence-electron chi connectivity index (χ3n) is 2.37. The summed E-state index contributed by atoms with van der Waals surface area (Å²) in [6.45, 7) is -14.1. The number of amides is 1. The quantitative estimate of drug-likeness (QED) is 0.839. The number of rotatable bonds is 2. The molecule has 5 nitrogen and oxygen atoms in total. The highest BCUT2D eigenvalue weighted by atomic mass is 16.6. The minimum absolute atomic E-state index is 0.303. The van der Waals surface area contributed by atoms with E-state index in [-0.39, 0.29) is 0 Å². The molecular formula is C18H25N3O2. The molecule has 124 valence electrons. The second-order valence-electron chi connectivity index (χ2n) is 4.21. The first-order valence-electron chi connectivity index (χ1n) is 17.7. The number of aromatic nitrogens is 2. The van der Waals surface area contributed by atoms with E-state index in [9.17, 15) is 4.79 Å². The number of imidazole rings is 1. The highest BCUT2D eigenvalue weighted by Crippen LogP contribution is 2.23. The van der Waals surface area contributed by atoms with E-state index in [0.717, 1.165) is 0 Å². The lowest BCUT2D eigenvalue weighted by atomic mass is 9.98. The molecule has 1 aliphatic heterocycles. The van der Waals surface area contributed by atoms with Crippen molar-refractivity contribution in [1.29, 1.82) is 0 Å². The monoisotopic (exact) mass is 338 g/mol. The molecule has 1 amide bonds. The molecule has 0 bridgehead atoms. The van der Waals surface area contributed by atoms with Gasteiger partial charge >= 0.3 is 6.09 Å². The van der Waals surface area contributed by atoms with Crippen LogP contribution in [0, 0.1) is 0 Å². The molecule has 2 aromatic rings. The molecule has 0 spiro atoms. The predicted octanol–water partition coefficient (Wildman–Crippen LogP) is 3.67. The van der Waals surface area contributed by atoms with Crippen LogP contribution in [0.5, 0.6) is 0 Å². The lowest BCUT2D eigenvalue weighted by Crippen LogP contribution is -2.47. The van der Waals surface area contributed by atoms with Gasteiger partial charge in [0.2, 0.25) is 0 Å². The molecule has 1 aliphatic rings. The van der Waals surface area contributed by atoms with Crippen molar-refractivity contribution in [3.05, 3.63) is 36.2 Å². The Morgan fingerprint density at radius 3 is 3.39 bits per heavy atom. The van der Waals surface area contributed by atoms with Crippen LogP contribution in [0.3, 0.4) is 0 Å². The minimum Gasteiger partial charge on any atom is -0.444 e. The number of piperidine rings is 1. The maximum Gasteiger partial charge on any atom is 0.410 e. The highest BCUT2D eigenvalue weighted by molar-refractivity contribution is 5.68. The van der Waals surface area contributed by atoms with E-state index in [1.165, 1.54) is 0 Å². The average Bonchev–Trinajstić information content (AvgIpc) is 3.24. The van der Waals surface area contributed by atoms with Gasteiger partial charge in [-0.1, -0.05) is 6.04 Å². The topological polar surface area (TPSA) is 46.8 Å². The van der Waals surface area contributed by atoms with E-state index in [1.807, 2.05) is 0 Å².